The molecule has 1 aromatic rings. The molecular formula is C12H18FN3O3S. The van der Waals surface area contributed by atoms with Gasteiger partial charge in [0.2, 0.25) is 5.91 Å². The fourth-order valence-electron chi connectivity index (χ4n) is 1.50. The van der Waals surface area contributed by atoms with Crippen LogP contribution >= 0.6 is 0 Å². The zero-order valence-corrected chi connectivity index (χ0v) is 12.4. The van der Waals surface area contributed by atoms with Crippen LogP contribution in [-0.4, -0.2) is 45.8 Å². The lowest BCUT2D eigenvalue weighted by atomic mass is 10.2. The number of nitrogens with one attached hydrogen (secondary N) is 1. The fraction of sp³-hybridized carbons (Fsp3) is 0.417. The van der Waals surface area contributed by atoms with Gasteiger partial charge in [0.05, 0.1) is 0 Å². The number of halogens is 1. The molecule has 8 heteroatoms. The number of hydrogen-bond acceptors (Lipinski definition) is 3. The summed E-state index contributed by atoms with van der Waals surface area (Å²) in [5.74, 6) is -0.647. The smallest absolute Gasteiger partial charge is 0.278 e. The summed E-state index contributed by atoms with van der Waals surface area (Å²) >= 11 is 0. The van der Waals surface area contributed by atoms with E-state index in [2.05, 4.69) is 4.72 Å². The van der Waals surface area contributed by atoms with E-state index in [-0.39, 0.29) is 19.0 Å². The zero-order chi connectivity index (χ0) is 15.3. The maximum absolute atomic E-state index is 12.8. The van der Waals surface area contributed by atoms with Gasteiger partial charge < -0.3 is 4.90 Å². The molecule has 0 aliphatic rings. The number of hydrogen-bond donors (Lipinski definition) is 1. The number of benzene rings is 1. The highest BCUT2D eigenvalue weighted by molar-refractivity contribution is 7.87. The van der Waals surface area contributed by atoms with E-state index in [0.717, 1.165) is 4.31 Å². The molecule has 0 saturated carbocycles. The quantitative estimate of drug-likeness (QED) is 0.835. The highest BCUT2D eigenvalue weighted by atomic mass is 32.2. The number of carbonyl (C=O) groups is 1. The van der Waals surface area contributed by atoms with E-state index in [1.807, 2.05) is 0 Å². The third-order valence-electron chi connectivity index (χ3n) is 2.62. The van der Waals surface area contributed by atoms with E-state index in [1.165, 1.54) is 50.2 Å². The van der Waals surface area contributed by atoms with Crippen molar-refractivity contribution in [2.45, 2.75) is 6.92 Å². The predicted octanol–water partition coefficient (Wildman–Crippen LogP) is 0.575. The second-order valence-electron chi connectivity index (χ2n) is 4.33. The van der Waals surface area contributed by atoms with Crippen LogP contribution in [0.1, 0.15) is 6.92 Å². The Kier molecular flexibility index (Phi) is 5.61. The third kappa shape index (κ3) is 4.55. The molecular weight excluding hydrogens is 285 g/mol. The SMILES string of the molecule is CC(=O)N(CCNS(=O)(=O)N(C)C)c1ccc(F)cc1. The van der Waals surface area contributed by atoms with Crippen molar-refractivity contribution in [1.82, 2.24) is 9.03 Å². The Hall–Kier alpha value is -1.51. The van der Waals surface area contributed by atoms with Gasteiger partial charge in [-0.15, -0.1) is 0 Å². The van der Waals surface area contributed by atoms with Gasteiger partial charge in [-0.1, -0.05) is 0 Å². The average Bonchev–Trinajstić information content (AvgIpc) is 2.35. The van der Waals surface area contributed by atoms with Crippen molar-refractivity contribution in [3.05, 3.63) is 30.1 Å². The van der Waals surface area contributed by atoms with Crippen molar-refractivity contribution in [2.75, 3.05) is 32.1 Å². The molecule has 0 aliphatic carbocycles. The van der Waals surface area contributed by atoms with Gasteiger partial charge in [0.15, 0.2) is 0 Å². The Morgan fingerprint density at radius 2 is 1.80 bits per heavy atom. The third-order valence-corrected chi connectivity index (χ3v) is 4.15. The number of nitrogens with zero attached hydrogens (tertiary/aromatic N) is 2. The van der Waals surface area contributed by atoms with Gasteiger partial charge in [0, 0.05) is 39.8 Å². The van der Waals surface area contributed by atoms with Crippen molar-refractivity contribution in [3.63, 3.8) is 0 Å². The largest absolute Gasteiger partial charge is 0.311 e. The van der Waals surface area contributed by atoms with E-state index in [0.29, 0.717) is 5.69 Å². The number of anilines is 1. The van der Waals surface area contributed by atoms with Crippen LogP contribution in [0.5, 0.6) is 0 Å². The molecule has 0 bridgehead atoms. The predicted molar refractivity (Wildman–Crippen MR) is 75.0 cm³/mol. The summed E-state index contributed by atoms with van der Waals surface area (Å²) in [6.07, 6.45) is 0. The molecule has 0 radical (unpaired) electrons. The van der Waals surface area contributed by atoms with Crippen LogP contribution in [0.2, 0.25) is 0 Å². The summed E-state index contributed by atoms with van der Waals surface area (Å²) in [7, 11) is -0.708. The van der Waals surface area contributed by atoms with Gasteiger partial charge in [0.1, 0.15) is 5.82 Å². The maximum atomic E-state index is 12.8. The van der Waals surface area contributed by atoms with E-state index in [4.69, 9.17) is 0 Å². The highest BCUT2D eigenvalue weighted by Gasteiger charge is 2.15. The molecule has 1 aromatic carbocycles. The minimum Gasteiger partial charge on any atom is -0.311 e. The highest BCUT2D eigenvalue weighted by Crippen LogP contribution is 2.14. The number of rotatable bonds is 6. The fourth-order valence-corrected chi connectivity index (χ4v) is 2.11. The number of carbonyl (C=O) groups excluding carboxylic acids is 1. The normalized spacial score (nSPS) is 11.7. The minimum absolute atomic E-state index is 0.0669. The first-order chi connectivity index (χ1) is 9.24. The molecule has 0 heterocycles. The molecule has 0 fully saturated rings. The lowest BCUT2D eigenvalue weighted by molar-refractivity contribution is -0.116. The van der Waals surface area contributed by atoms with Crippen LogP contribution in [0, 0.1) is 5.82 Å². The van der Waals surface area contributed by atoms with E-state index < -0.39 is 16.0 Å². The molecule has 0 aromatic heterocycles. The van der Waals surface area contributed by atoms with E-state index in [9.17, 15) is 17.6 Å². The van der Waals surface area contributed by atoms with Crippen LogP contribution in [0.15, 0.2) is 24.3 Å². The maximum Gasteiger partial charge on any atom is 0.278 e. The number of amides is 1. The van der Waals surface area contributed by atoms with E-state index in [1.54, 1.807) is 0 Å². The second kappa shape index (κ2) is 6.78. The molecule has 112 valence electrons. The zero-order valence-electron chi connectivity index (χ0n) is 11.6. The van der Waals surface area contributed by atoms with Crippen LogP contribution in [0.4, 0.5) is 10.1 Å². The Morgan fingerprint density at radius 1 is 1.25 bits per heavy atom. The molecule has 0 saturated heterocycles. The van der Waals surface area contributed by atoms with Crippen LogP contribution < -0.4 is 9.62 Å². The second-order valence-corrected chi connectivity index (χ2v) is 6.30. The summed E-state index contributed by atoms with van der Waals surface area (Å²) in [5, 5.41) is 0. The summed E-state index contributed by atoms with van der Waals surface area (Å²) < 4.78 is 39.3. The Labute approximate surface area is 118 Å². The van der Waals surface area contributed by atoms with Gasteiger partial charge in [0.25, 0.3) is 10.2 Å². The van der Waals surface area contributed by atoms with Crippen LogP contribution in [0.25, 0.3) is 0 Å². The molecule has 1 rings (SSSR count). The molecule has 0 spiro atoms. The van der Waals surface area contributed by atoms with Gasteiger partial charge in [-0.25, -0.2) is 9.11 Å². The average molecular weight is 303 g/mol. The summed E-state index contributed by atoms with van der Waals surface area (Å²) in [6.45, 7) is 1.59. The van der Waals surface area contributed by atoms with Crippen molar-refractivity contribution in [2.24, 2.45) is 0 Å². The Morgan fingerprint density at radius 3 is 2.25 bits per heavy atom. The molecule has 0 aliphatic heterocycles. The van der Waals surface area contributed by atoms with Crippen molar-refractivity contribution >= 4 is 21.8 Å². The molecule has 20 heavy (non-hydrogen) atoms. The monoisotopic (exact) mass is 303 g/mol. The molecule has 1 amide bonds. The Bertz CT molecular complexity index is 558. The molecule has 0 atom stereocenters. The van der Waals surface area contributed by atoms with Gasteiger partial charge >= 0.3 is 0 Å². The van der Waals surface area contributed by atoms with Gasteiger partial charge in [-0.2, -0.15) is 12.7 Å². The van der Waals surface area contributed by atoms with Crippen molar-refractivity contribution < 1.29 is 17.6 Å². The first kappa shape index (κ1) is 16.5. The first-order valence-electron chi connectivity index (χ1n) is 5.95. The summed E-state index contributed by atoms with van der Waals surface area (Å²) in [6, 6.07) is 5.43. The first-order valence-corrected chi connectivity index (χ1v) is 7.39. The topological polar surface area (TPSA) is 69.7 Å². The van der Waals surface area contributed by atoms with Crippen LogP contribution in [-0.2, 0) is 15.0 Å². The van der Waals surface area contributed by atoms with E-state index >= 15 is 0 Å². The van der Waals surface area contributed by atoms with Gasteiger partial charge in [-0.05, 0) is 24.3 Å². The minimum atomic E-state index is -3.52. The van der Waals surface area contributed by atoms with Crippen molar-refractivity contribution in [1.29, 1.82) is 0 Å². The lowest BCUT2D eigenvalue weighted by Gasteiger charge is -2.22. The summed E-state index contributed by atoms with van der Waals surface area (Å²) in [4.78, 5) is 12.9. The lowest BCUT2D eigenvalue weighted by Crippen LogP contribution is -2.41. The Balaban J connectivity index is 2.70. The van der Waals surface area contributed by atoms with Crippen molar-refractivity contribution in [3.8, 4) is 0 Å². The standard InChI is InChI=1S/C12H18FN3O3S/c1-10(17)16(12-6-4-11(13)5-7-12)9-8-14-20(18,19)15(2)3/h4-7,14H,8-9H2,1-3H3. The molecule has 0 unspecified atom stereocenters. The van der Waals surface area contributed by atoms with Gasteiger partial charge in [-0.3, -0.25) is 4.79 Å². The molecule has 1 N–H and O–H groups in total. The summed E-state index contributed by atoms with van der Waals surface area (Å²) in [5.41, 5.74) is 0.517. The molecule has 6 nitrogen and oxygen atoms in total. The van der Waals surface area contributed by atoms with Crippen LogP contribution in [0.3, 0.4) is 0 Å².